The van der Waals surface area contributed by atoms with Gasteiger partial charge in [-0.3, -0.25) is 56.9 Å². The summed E-state index contributed by atoms with van der Waals surface area (Å²) in [6.07, 6.45) is 0.881. The number of benzene rings is 8. The predicted molar refractivity (Wildman–Crippen MR) is 380 cm³/mol. The second-order valence-electron chi connectivity index (χ2n) is 22.2. The zero-order valence-electron chi connectivity index (χ0n) is 52.8. The fourth-order valence-corrected chi connectivity index (χ4v) is 16.8. The summed E-state index contributed by atoms with van der Waals surface area (Å²) in [5.74, 6) is -7.29. The normalized spacial score (nSPS) is 14.9. The molecule has 1 aromatic heterocycles. The number of fused-ring (bicyclic) bond motifs is 4. The van der Waals surface area contributed by atoms with Gasteiger partial charge in [-0.05, 0) is 107 Å². The van der Waals surface area contributed by atoms with Crippen molar-refractivity contribution < 1.29 is 126 Å². The van der Waals surface area contributed by atoms with Gasteiger partial charge in [0.15, 0.2) is 21.3 Å². The average molecular weight is 1660 g/mol. The molecule has 11 rings (SSSR count). The lowest BCUT2D eigenvalue weighted by molar-refractivity contribution is 0.105. The van der Waals surface area contributed by atoms with E-state index in [9.17, 15) is 108 Å². The minimum Gasteiger partial charge on any atom is -0.398 e. The smallest absolute Gasteiger partial charge is 0.397 e. The zero-order chi connectivity index (χ0) is 79.0. The van der Waals surface area contributed by atoms with Gasteiger partial charge < -0.3 is 21.7 Å². The van der Waals surface area contributed by atoms with Crippen LogP contribution in [0.2, 0.25) is 0 Å². The Morgan fingerprint density at radius 1 is 0.417 bits per heavy atom. The van der Waals surface area contributed by atoms with Crippen LogP contribution in [0.3, 0.4) is 0 Å². The fourth-order valence-electron chi connectivity index (χ4n) is 10.5. The number of nitrogens with zero attached hydrogens (tertiary/aromatic N) is 7. The second-order valence-corrected chi connectivity index (χ2v) is 35.1. The number of hydrazone groups is 2. The highest BCUT2D eigenvalue weighted by Crippen LogP contribution is 2.41. The van der Waals surface area contributed by atoms with Crippen LogP contribution in [0.15, 0.2) is 193 Å². The average Bonchev–Trinajstić information content (AvgIpc) is 0.748. The molecule has 0 bridgehead atoms. The SMILES string of the molecule is Nc1cc(Nc2nc(Nc3cc(S(=O)(=O)O)cc4c3C(=O)/C(=N\Nc3ccc5ccccc5c3S(=O)(=O)O)C(S(=O)(=O)O)=C4)nc(Nc3cc(S(=O)(=O)O)cc4c3C(=O)/C(=N\Nc3ccc5ccccc5c3S(=O)(=O)O)C(S(=O)(=O)O)=C4)n2)c(N=Nc2ccc(S(=O)(=O)CCOS(=O)(=O)O)cc2)cc1S(=O)(=O)O. The van der Waals surface area contributed by atoms with E-state index in [4.69, 9.17) is 10.3 Å². The first-order valence-electron chi connectivity index (χ1n) is 28.8. The Morgan fingerprint density at radius 3 is 1.22 bits per heavy atom. The Morgan fingerprint density at radius 2 is 0.833 bits per heavy atom. The van der Waals surface area contributed by atoms with Crippen molar-refractivity contribution in [1.82, 2.24) is 15.0 Å². The summed E-state index contributed by atoms with van der Waals surface area (Å²) >= 11 is 0. The van der Waals surface area contributed by atoms with E-state index in [1.165, 1.54) is 60.7 Å². The molecular formula is C57H43N13O29S9. The van der Waals surface area contributed by atoms with Crippen molar-refractivity contribution in [3.8, 4) is 0 Å². The molecule has 0 amide bonds. The molecule has 15 N–H and O–H groups in total. The quantitative estimate of drug-likeness (QED) is 0.0142. The molecule has 0 fully saturated rings. The highest BCUT2D eigenvalue weighted by molar-refractivity contribution is 7.92. The van der Waals surface area contributed by atoms with Gasteiger partial charge in [0, 0.05) is 10.8 Å². The molecule has 0 atom stereocenters. The number of ketones is 2. The van der Waals surface area contributed by atoms with Crippen LogP contribution in [0.4, 0.5) is 63.3 Å². The number of carbonyl (C=O) groups excluding carboxylic acids is 2. The number of carbonyl (C=O) groups is 2. The Labute approximate surface area is 608 Å². The number of aromatic nitrogens is 3. The van der Waals surface area contributed by atoms with Crippen LogP contribution in [0.1, 0.15) is 31.8 Å². The van der Waals surface area contributed by atoms with E-state index in [-0.39, 0.29) is 27.2 Å². The molecule has 0 saturated carbocycles. The van der Waals surface area contributed by atoms with Crippen LogP contribution in [-0.4, -0.2) is 162 Å². The van der Waals surface area contributed by atoms with Gasteiger partial charge in [-0.25, -0.2) is 12.6 Å². The third-order valence-electron chi connectivity index (χ3n) is 15.0. The molecule has 2 aliphatic rings. The number of Topliss-reactive ketones (excluding diaryl/α,β-unsaturated/α-hetero) is 2. The van der Waals surface area contributed by atoms with Gasteiger partial charge in [-0.2, -0.15) is 97.6 Å². The van der Waals surface area contributed by atoms with Crippen LogP contribution >= 0.6 is 0 Å². The molecule has 9 aromatic rings. The molecule has 0 radical (unpaired) electrons. The summed E-state index contributed by atoms with van der Waals surface area (Å²) in [4.78, 5) is 34.1. The number of sulfone groups is 1. The van der Waals surface area contributed by atoms with Crippen LogP contribution in [0, 0.1) is 0 Å². The second kappa shape index (κ2) is 28.3. The number of nitrogens with two attached hydrogens (primary N) is 1. The van der Waals surface area contributed by atoms with Gasteiger partial charge >= 0.3 is 10.4 Å². The van der Waals surface area contributed by atoms with E-state index < -0.39 is 246 Å². The molecule has 564 valence electrons. The van der Waals surface area contributed by atoms with Crippen molar-refractivity contribution in [3.05, 3.63) is 166 Å². The van der Waals surface area contributed by atoms with Gasteiger partial charge in [0.1, 0.15) is 30.2 Å². The molecular weight excluding hydrogens is 1620 g/mol. The van der Waals surface area contributed by atoms with Gasteiger partial charge in [0.25, 0.3) is 70.8 Å². The van der Waals surface area contributed by atoms with Crippen molar-refractivity contribution in [2.24, 2.45) is 20.4 Å². The van der Waals surface area contributed by atoms with Crippen molar-refractivity contribution in [2.75, 3.05) is 44.9 Å². The Hall–Kier alpha value is -11.0. The van der Waals surface area contributed by atoms with E-state index >= 15 is 9.59 Å². The highest BCUT2D eigenvalue weighted by atomic mass is 32.3. The lowest BCUT2D eigenvalue weighted by atomic mass is 9.93. The minimum atomic E-state index is -5.70. The number of hydrogen-bond acceptors (Lipinski definition) is 34. The van der Waals surface area contributed by atoms with Crippen LogP contribution in [0.5, 0.6) is 0 Å². The molecule has 42 nitrogen and oxygen atoms in total. The van der Waals surface area contributed by atoms with E-state index in [0.717, 1.165) is 42.5 Å². The van der Waals surface area contributed by atoms with Crippen LogP contribution in [-0.2, 0) is 95.2 Å². The summed E-state index contributed by atoms with van der Waals surface area (Å²) in [5.41, 5.74) is -1.01. The van der Waals surface area contributed by atoms with E-state index in [2.05, 4.69) is 66.4 Å². The molecule has 0 unspecified atom stereocenters. The summed E-state index contributed by atoms with van der Waals surface area (Å²) in [5, 5.41) is 23.1. The maximum atomic E-state index is 15.0. The molecule has 0 aliphatic heterocycles. The number of anilines is 9. The minimum absolute atomic E-state index is 0.143. The number of nitrogen functional groups attached to an aromatic ring is 1. The zero-order valence-corrected chi connectivity index (χ0v) is 60.2. The van der Waals surface area contributed by atoms with Gasteiger partial charge in [-0.15, -0.1) is 5.11 Å². The topological polar surface area (TPSA) is 687 Å². The van der Waals surface area contributed by atoms with Crippen molar-refractivity contribution in [1.29, 1.82) is 0 Å². The van der Waals surface area contributed by atoms with Crippen LogP contribution < -0.4 is 32.5 Å². The van der Waals surface area contributed by atoms with Gasteiger partial charge in [0.2, 0.25) is 29.4 Å². The standard InChI is InChI=1S/C57H43N13O29S9/c58-37-25-40(41(26-44(37)103(81,82)83)68-65-31-11-13-32(14-12-31)100(73,74)18-17-99-108(96,97)98)59-55-62-56(60-42-23-33(101(75,76)77)19-29-21-45(104(84,85)86)49(51(71)47(29)42)69-66-38-15-9-27-5-1-3-7-35(27)53(38)106(90,91)92)64-57(63-55)61-43-24-34(102(78,79)80)20-30-22-46(105(87,88)89)50(52(72)48(30)43)70-67-39-16-10-28-6-2-4-8-36(28)54(39)107(93,94)95/h1-16,19-26,66-67H,17-18,58H2,(H,75,76,77)(H,78,79,80)(H,81,82,83)(H,84,85,86)(H,87,88,89)(H,90,91,92)(H,93,94,95)(H,96,97,98)(H3,59,60,61,62,63,64)/b68-65?,69-49-,70-50-. The third kappa shape index (κ3) is 17.0. The molecule has 1 heterocycles. The monoisotopic (exact) mass is 1660 g/mol. The van der Waals surface area contributed by atoms with Gasteiger partial charge in [-0.1, -0.05) is 60.7 Å². The Balaban J connectivity index is 1.10. The van der Waals surface area contributed by atoms with E-state index in [1.807, 2.05) is 0 Å². The highest BCUT2D eigenvalue weighted by Gasteiger charge is 2.39. The third-order valence-corrected chi connectivity index (χ3v) is 23.4. The largest absolute Gasteiger partial charge is 0.398 e. The summed E-state index contributed by atoms with van der Waals surface area (Å²) in [7, 11) is -47.6. The fraction of sp³-hybridized carbons (Fsp3) is 0.0351. The maximum absolute atomic E-state index is 15.0. The van der Waals surface area contributed by atoms with E-state index in [0.29, 0.717) is 42.5 Å². The molecule has 108 heavy (non-hydrogen) atoms. The maximum Gasteiger partial charge on any atom is 0.397 e. The van der Waals surface area contributed by atoms with Crippen molar-refractivity contribution in [2.45, 2.75) is 29.4 Å². The number of nitrogens with one attached hydrogen (secondary N) is 5. The molecule has 8 aromatic carbocycles. The molecule has 51 heteroatoms. The Kier molecular flexibility index (Phi) is 20.5. The number of allylic oxidation sites excluding steroid dienone is 2. The van der Waals surface area contributed by atoms with Crippen molar-refractivity contribution in [3.63, 3.8) is 0 Å². The summed E-state index contributed by atoms with van der Waals surface area (Å²) in [6, 6.07) is 22.9. The number of hydrogen-bond donors (Lipinski definition) is 14. The molecule has 2 aliphatic carbocycles. The lowest BCUT2D eigenvalue weighted by Crippen LogP contribution is -2.28. The van der Waals surface area contributed by atoms with Crippen molar-refractivity contribution >= 4 is 211 Å². The first-order chi connectivity index (χ1) is 50.0. The first kappa shape index (κ1) is 78.1. The molecule has 0 saturated heterocycles. The lowest BCUT2D eigenvalue weighted by Gasteiger charge is -2.22. The molecule has 0 spiro atoms. The first-order valence-corrected chi connectivity index (χ1v) is 41.9. The summed E-state index contributed by atoms with van der Waals surface area (Å²) in [6.45, 7) is -1.02. The van der Waals surface area contributed by atoms with E-state index in [1.54, 1.807) is 0 Å². The van der Waals surface area contributed by atoms with Crippen LogP contribution in [0.25, 0.3) is 33.7 Å². The summed E-state index contributed by atoms with van der Waals surface area (Å²) < 4.78 is 316. The predicted octanol–water partition coefficient (Wildman–Crippen LogP) is 6.02. The Bertz CT molecular complexity index is 6450. The number of azo groups is 1. The van der Waals surface area contributed by atoms with Gasteiger partial charge in [0.05, 0.1) is 78.0 Å². The number of rotatable bonds is 24.